The number of rotatable bonds is 3. The van der Waals surface area contributed by atoms with E-state index in [4.69, 9.17) is 0 Å². The molecule has 1 aliphatic heterocycles. The predicted molar refractivity (Wildman–Crippen MR) is 76.7 cm³/mol. The van der Waals surface area contributed by atoms with Gasteiger partial charge in [0.15, 0.2) is 0 Å². The maximum absolute atomic E-state index is 12.4. The summed E-state index contributed by atoms with van der Waals surface area (Å²) in [5, 5.41) is 17.0. The summed E-state index contributed by atoms with van der Waals surface area (Å²) in [6.07, 6.45) is 1.78. The van der Waals surface area contributed by atoms with Crippen molar-refractivity contribution in [2.75, 3.05) is 18.4 Å². The van der Waals surface area contributed by atoms with E-state index in [1.807, 2.05) is 6.92 Å². The molecule has 2 rings (SSSR count). The summed E-state index contributed by atoms with van der Waals surface area (Å²) in [5.74, 6) is -0.0895. The molecule has 20 heavy (non-hydrogen) atoms. The van der Waals surface area contributed by atoms with Crippen molar-refractivity contribution in [3.63, 3.8) is 0 Å². The van der Waals surface area contributed by atoms with E-state index in [-0.39, 0.29) is 11.6 Å². The zero-order valence-corrected chi connectivity index (χ0v) is 11.7. The molecule has 108 valence electrons. The number of piperidine rings is 1. The third-order valence-electron chi connectivity index (χ3n) is 3.90. The summed E-state index contributed by atoms with van der Waals surface area (Å²) < 4.78 is 0. The summed E-state index contributed by atoms with van der Waals surface area (Å²) in [5.41, 5.74) is 0.555. The van der Waals surface area contributed by atoms with E-state index in [2.05, 4.69) is 10.6 Å². The fraction of sp³-hybridized carbons (Fsp3) is 0.500. The van der Waals surface area contributed by atoms with Gasteiger partial charge in [0.1, 0.15) is 0 Å². The van der Waals surface area contributed by atoms with Gasteiger partial charge < -0.3 is 10.6 Å². The van der Waals surface area contributed by atoms with Gasteiger partial charge in [0, 0.05) is 12.6 Å². The predicted octanol–water partition coefficient (Wildman–Crippen LogP) is 2.23. The maximum atomic E-state index is 12.4. The number of nitro groups is 1. The molecule has 2 N–H and O–H groups in total. The van der Waals surface area contributed by atoms with Gasteiger partial charge in [-0.05, 0) is 39.3 Å². The number of nitrogens with zero attached hydrogens (tertiary/aromatic N) is 1. The molecule has 1 saturated heterocycles. The molecule has 1 unspecified atom stereocenters. The van der Waals surface area contributed by atoms with Gasteiger partial charge in [0.2, 0.25) is 5.91 Å². The summed E-state index contributed by atoms with van der Waals surface area (Å²) in [6, 6.07) is 4.72. The Morgan fingerprint density at radius 2 is 2.25 bits per heavy atom. The van der Waals surface area contributed by atoms with Gasteiger partial charge in [-0.2, -0.15) is 0 Å². The van der Waals surface area contributed by atoms with Gasteiger partial charge in [0.05, 0.1) is 21.6 Å². The largest absolute Gasteiger partial charge is 0.325 e. The summed E-state index contributed by atoms with van der Waals surface area (Å²) in [7, 11) is 0. The van der Waals surface area contributed by atoms with Crippen LogP contribution in [0.3, 0.4) is 0 Å². The Morgan fingerprint density at radius 3 is 2.85 bits per heavy atom. The van der Waals surface area contributed by atoms with Crippen LogP contribution < -0.4 is 10.6 Å². The lowest BCUT2D eigenvalue weighted by molar-refractivity contribution is -0.385. The van der Waals surface area contributed by atoms with Gasteiger partial charge in [0.25, 0.3) is 5.69 Å². The highest BCUT2D eigenvalue weighted by Crippen LogP contribution is 2.30. The Kier molecular flexibility index (Phi) is 4.04. The first kappa shape index (κ1) is 14.5. The molecule has 1 atom stereocenters. The van der Waals surface area contributed by atoms with Gasteiger partial charge in [-0.1, -0.05) is 6.07 Å². The van der Waals surface area contributed by atoms with Crippen molar-refractivity contribution in [2.24, 2.45) is 5.41 Å². The highest BCUT2D eigenvalue weighted by atomic mass is 16.6. The molecular formula is C14H19N3O3. The first-order valence-corrected chi connectivity index (χ1v) is 6.70. The number of amides is 1. The van der Waals surface area contributed by atoms with Crippen molar-refractivity contribution >= 4 is 17.3 Å². The lowest BCUT2D eigenvalue weighted by Crippen LogP contribution is -2.46. The monoisotopic (exact) mass is 277 g/mol. The van der Waals surface area contributed by atoms with E-state index >= 15 is 0 Å². The number of benzene rings is 1. The second-order valence-electron chi connectivity index (χ2n) is 5.50. The quantitative estimate of drug-likeness (QED) is 0.655. The maximum Gasteiger partial charge on any atom is 0.274 e. The van der Waals surface area contributed by atoms with Crippen LogP contribution in [0.1, 0.15) is 25.3 Å². The third kappa shape index (κ3) is 2.80. The first-order valence-electron chi connectivity index (χ1n) is 6.70. The standard InChI is InChI=1S/C14H19N3O3/c1-10-11(5-3-6-12(10)17(19)20)16-13(18)14(2)7-4-8-15-9-14/h3,5-6,15H,4,7-9H2,1-2H3,(H,16,18). The van der Waals surface area contributed by atoms with Crippen molar-refractivity contribution in [1.29, 1.82) is 0 Å². The Labute approximate surface area is 117 Å². The molecule has 1 fully saturated rings. The zero-order valence-electron chi connectivity index (χ0n) is 11.7. The Morgan fingerprint density at radius 1 is 1.50 bits per heavy atom. The fourth-order valence-corrected chi connectivity index (χ4v) is 2.48. The van der Waals surface area contributed by atoms with E-state index in [1.54, 1.807) is 19.1 Å². The van der Waals surface area contributed by atoms with Crippen LogP contribution in [0.15, 0.2) is 18.2 Å². The lowest BCUT2D eigenvalue weighted by Gasteiger charge is -2.32. The van der Waals surface area contributed by atoms with Gasteiger partial charge in [-0.15, -0.1) is 0 Å². The number of anilines is 1. The van der Waals surface area contributed by atoms with Crippen molar-refractivity contribution in [3.05, 3.63) is 33.9 Å². The molecule has 6 nitrogen and oxygen atoms in total. The second kappa shape index (κ2) is 5.58. The lowest BCUT2D eigenvalue weighted by atomic mass is 9.82. The minimum atomic E-state index is -0.463. The highest BCUT2D eigenvalue weighted by molar-refractivity contribution is 5.96. The summed E-state index contributed by atoms with van der Waals surface area (Å²) in [6.45, 7) is 5.13. The SMILES string of the molecule is Cc1c(NC(=O)C2(C)CCCNC2)cccc1[N+](=O)[O-]. The number of hydrogen-bond acceptors (Lipinski definition) is 4. The summed E-state index contributed by atoms with van der Waals surface area (Å²) in [4.78, 5) is 22.9. The molecule has 1 amide bonds. The molecule has 6 heteroatoms. The second-order valence-corrected chi connectivity index (χ2v) is 5.50. The molecular weight excluding hydrogens is 258 g/mol. The topological polar surface area (TPSA) is 84.3 Å². The molecule has 0 radical (unpaired) electrons. The minimum Gasteiger partial charge on any atom is -0.325 e. The molecule has 1 heterocycles. The molecule has 1 aliphatic rings. The van der Waals surface area contributed by atoms with Crippen LogP contribution in [0.5, 0.6) is 0 Å². The third-order valence-corrected chi connectivity index (χ3v) is 3.90. The highest BCUT2D eigenvalue weighted by Gasteiger charge is 2.35. The van der Waals surface area contributed by atoms with Crippen LogP contribution in [-0.4, -0.2) is 23.9 Å². The number of nitrogens with one attached hydrogen (secondary N) is 2. The van der Waals surface area contributed by atoms with Crippen molar-refractivity contribution in [1.82, 2.24) is 5.32 Å². The van der Waals surface area contributed by atoms with Crippen LogP contribution in [0.25, 0.3) is 0 Å². The van der Waals surface area contributed by atoms with Crippen molar-refractivity contribution in [3.8, 4) is 0 Å². The fourth-order valence-electron chi connectivity index (χ4n) is 2.48. The van der Waals surface area contributed by atoms with Gasteiger partial charge in [-0.25, -0.2) is 0 Å². The van der Waals surface area contributed by atoms with Crippen LogP contribution in [0, 0.1) is 22.5 Å². The van der Waals surface area contributed by atoms with E-state index in [9.17, 15) is 14.9 Å². The Bertz CT molecular complexity index is 536. The Hall–Kier alpha value is -1.95. The van der Waals surface area contributed by atoms with Crippen molar-refractivity contribution < 1.29 is 9.72 Å². The van der Waals surface area contributed by atoms with Gasteiger partial charge >= 0.3 is 0 Å². The number of hydrogen-bond donors (Lipinski definition) is 2. The average molecular weight is 277 g/mol. The number of carbonyl (C=O) groups excluding carboxylic acids is 1. The van der Waals surface area contributed by atoms with E-state index in [1.165, 1.54) is 6.07 Å². The van der Waals surface area contributed by atoms with Gasteiger partial charge in [-0.3, -0.25) is 14.9 Å². The number of carbonyl (C=O) groups is 1. The van der Waals surface area contributed by atoms with Crippen LogP contribution in [0.4, 0.5) is 11.4 Å². The zero-order chi connectivity index (χ0) is 14.8. The average Bonchev–Trinajstić information content (AvgIpc) is 2.41. The minimum absolute atomic E-state index is 0.0229. The molecule has 0 saturated carbocycles. The smallest absolute Gasteiger partial charge is 0.274 e. The molecule has 0 aliphatic carbocycles. The number of nitro benzene ring substituents is 1. The molecule has 1 aromatic rings. The first-order chi connectivity index (χ1) is 9.44. The van der Waals surface area contributed by atoms with Crippen molar-refractivity contribution in [2.45, 2.75) is 26.7 Å². The van der Waals surface area contributed by atoms with E-state index < -0.39 is 10.3 Å². The molecule has 1 aromatic carbocycles. The Balaban J connectivity index is 2.19. The van der Waals surface area contributed by atoms with Crippen LogP contribution >= 0.6 is 0 Å². The normalized spacial score (nSPS) is 22.3. The van der Waals surface area contributed by atoms with Crippen LogP contribution in [-0.2, 0) is 4.79 Å². The summed E-state index contributed by atoms with van der Waals surface area (Å²) >= 11 is 0. The molecule has 0 spiro atoms. The molecule has 0 aromatic heterocycles. The van der Waals surface area contributed by atoms with E-state index in [0.717, 1.165) is 19.4 Å². The van der Waals surface area contributed by atoms with Crippen LogP contribution in [0.2, 0.25) is 0 Å². The molecule has 0 bridgehead atoms. The van der Waals surface area contributed by atoms with E-state index in [0.29, 0.717) is 17.8 Å².